The van der Waals surface area contributed by atoms with Gasteiger partial charge in [0.2, 0.25) is 11.7 Å². The molecule has 0 spiro atoms. The highest BCUT2D eigenvalue weighted by molar-refractivity contribution is 6.27. The molecule has 1 aromatic rings. The molecule has 1 saturated heterocycles. The number of carboxylic acid groups (broad SMARTS) is 2. The van der Waals surface area contributed by atoms with Gasteiger partial charge in [-0.05, 0) is 23.6 Å². The van der Waals surface area contributed by atoms with E-state index >= 15 is 0 Å². The molecule has 168 valence electrons. The van der Waals surface area contributed by atoms with Crippen molar-refractivity contribution in [1.29, 1.82) is 0 Å². The third kappa shape index (κ3) is 7.78. The van der Waals surface area contributed by atoms with E-state index in [0.29, 0.717) is 23.8 Å². The van der Waals surface area contributed by atoms with E-state index in [-0.39, 0.29) is 11.7 Å². The molecule has 0 aliphatic carbocycles. The fourth-order valence-corrected chi connectivity index (χ4v) is 2.93. The second-order valence-electron chi connectivity index (χ2n) is 7.21. The van der Waals surface area contributed by atoms with E-state index in [1.165, 1.54) is 14.2 Å². The van der Waals surface area contributed by atoms with Crippen molar-refractivity contribution < 1.29 is 39.2 Å². The van der Waals surface area contributed by atoms with Crippen LogP contribution in [-0.4, -0.2) is 83.4 Å². The van der Waals surface area contributed by atoms with Crippen molar-refractivity contribution in [2.75, 3.05) is 40.4 Å². The molecule has 1 heterocycles. The van der Waals surface area contributed by atoms with Crippen LogP contribution >= 0.6 is 0 Å². The molecule has 1 aromatic carbocycles. The monoisotopic (exact) mass is 426 g/mol. The summed E-state index contributed by atoms with van der Waals surface area (Å²) >= 11 is 0. The highest BCUT2D eigenvalue weighted by Gasteiger charge is 2.22. The average Bonchev–Trinajstić information content (AvgIpc) is 2.69. The van der Waals surface area contributed by atoms with Gasteiger partial charge in [-0.15, -0.1) is 0 Å². The molecule has 1 aliphatic heterocycles. The number of carbonyl (C=O) groups is 3. The number of rotatable bonds is 6. The number of ether oxygens (including phenoxy) is 2. The topological polar surface area (TPSA) is 137 Å². The predicted octanol–water partition coefficient (Wildman–Crippen LogP) is 1.26. The molecule has 0 aromatic heterocycles. The number of benzene rings is 1. The molecule has 10 nitrogen and oxygen atoms in total. The van der Waals surface area contributed by atoms with Gasteiger partial charge in [-0.3, -0.25) is 9.69 Å². The second-order valence-corrected chi connectivity index (χ2v) is 7.21. The maximum atomic E-state index is 12.1. The lowest BCUT2D eigenvalue weighted by atomic mass is 10.1. The van der Waals surface area contributed by atoms with Crippen molar-refractivity contribution in [3.63, 3.8) is 0 Å². The Balaban J connectivity index is 0.000000656. The van der Waals surface area contributed by atoms with Gasteiger partial charge in [0.15, 0.2) is 11.5 Å². The molecule has 3 N–H and O–H groups in total. The van der Waals surface area contributed by atoms with Crippen LogP contribution < -0.4 is 9.47 Å². The van der Waals surface area contributed by atoms with Crippen LogP contribution in [0.3, 0.4) is 0 Å². The van der Waals surface area contributed by atoms with Gasteiger partial charge < -0.3 is 29.7 Å². The lowest BCUT2D eigenvalue weighted by Crippen LogP contribution is -2.48. The average molecular weight is 426 g/mol. The van der Waals surface area contributed by atoms with Crippen LogP contribution in [0.5, 0.6) is 17.2 Å². The van der Waals surface area contributed by atoms with E-state index in [1.807, 2.05) is 17.0 Å². The molecule has 1 aliphatic rings. The van der Waals surface area contributed by atoms with Gasteiger partial charge in [-0.1, -0.05) is 13.8 Å². The van der Waals surface area contributed by atoms with Crippen LogP contribution in [0.4, 0.5) is 0 Å². The minimum absolute atomic E-state index is 0.0212. The summed E-state index contributed by atoms with van der Waals surface area (Å²) in [5.74, 6) is -2.16. The zero-order valence-corrected chi connectivity index (χ0v) is 17.8. The Morgan fingerprint density at radius 2 is 1.43 bits per heavy atom. The number of methoxy groups -OCH3 is 2. The summed E-state index contributed by atoms with van der Waals surface area (Å²) in [4.78, 5) is 34.6. The van der Waals surface area contributed by atoms with E-state index in [4.69, 9.17) is 29.3 Å². The highest BCUT2D eigenvalue weighted by Crippen LogP contribution is 2.37. The molecule has 0 bridgehead atoms. The van der Waals surface area contributed by atoms with Gasteiger partial charge in [0.1, 0.15) is 0 Å². The third-order valence-electron chi connectivity index (χ3n) is 4.44. The van der Waals surface area contributed by atoms with Crippen LogP contribution in [0.2, 0.25) is 0 Å². The summed E-state index contributed by atoms with van der Waals surface area (Å²) in [7, 11) is 3.05. The Morgan fingerprint density at radius 3 is 1.80 bits per heavy atom. The summed E-state index contributed by atoms with van der Waals surface area (Å²) in [6, 6.07) is 3.66. The van der Waals surface area contributed by atoms with Crippen LogP contribution in [0.1, 0.15) is 25.8 Å². The SMILES string of the molecule is COc1cc(CN2CCN(C(=O)CC(C)C)CC2)cc(OC)c1O.O=C(O)C(=O)O. The first-order valence-electron chi connectivity index (χ1n) is 9.49. The number of piperazine rings is 1. The van der Waals surface area contributed by atoms with Crippen LogP contribution in [0, 0.1) is 5.92 Å². The summed E-state index contributed by atoms with van der Waals surface area (Å²) in [6.07, 6.45) is 0.617. The molecule has 0 atom stereocenters. The molecule has 10 heteroatoms. The van der Waals surface area contributed by atoms with Gasteiger partial charge in [-0.25, -0.2) is 9.59 Å². The van der Waals surface area contributed by atoms with Crippen molar-refractivity contribution in [2.45, 2.75) is 26.8 Å². The maximum Gasteiger partial charge on any atom is 0.414 e. The fourth-order valence-electron chi connectivity index (χ4n) is 2.93. The van der Waals surface area contributed by atoms with Crippen molar-refractivity contribution in [3.8, 4) is 17.2 Å². The molecule has 0 unspecified atom stereocenters. The summed E-state index contributed by atoms with van der Waals surface area (Å²) in [5, 5.41) is 24.8. The van der Waals surface area contributed by atoms with E-state index in [0.717, 1.165) is 38.3 Å². The molecule has 1 fully saturated rings. The minimum atomic E-state index is -1.82. The van der Waals surface area contributed by atoms with E-state index in [1.54, 1.807) is 0 Å². The standard InChI is InChI=1S/C18H28N2O4.C2H2O4/c1-13(2)9-17(21)20-7-5-19(6-8-20)12-14-10-15(23-3)18(22)16(11-14)24-4;3-1(4)2(5)6/h10-11,13,22H,5-9,12H2,1-4H3;(H,3,4)(H,5,6). The van der Waals surface area contributed by atoms with Crippen molar-refractivity contribution >= 4 is 17.8 Å². The van der Waals surface area contributed by atoms with E-state index < -0.39 is 11.9 Å². The highest BCUT2D eigenvalue weighted by atomic mass is 16.5. The number of aliphatic carboxylic acids is 2. The van der Waals surface area contributed by atoms with Gasteiger partial charge in [0.25, 0.3) is 0 Å². The smallest absolute Gasteiger partial charge is 0.414 e. The summed E-state index contributed by atoms with van der Waals surface area (Å²) < 4.78 is 10.4. The number of aromatic hydroxyl groups is 1. The number of phenolic OH excluding ortho intramolecular Hbond substituents is 1. The first-order chi connectivity index (χ1) is 14.1. The van der Waals surface area contributed by atoms with Gasteiger partial charge in [0, 0.05) is 39.1 Å². The fraction of sp³-hybridized carbons (Fsp3) is 0.550. The van der Waals surface area contributed by atoms with Crippen molar-refractivity contribution in [3.05, 3.63) is 17.7 Å². The van der Waals surface area contributed by atoms with Crippen molar-refractivity contribution in [1.82, 2.24) is 9.80 Å². The Kier molecular flexibility index (Phi) is 9.90. The summed E-state index contributed by atoms with van der Waals surface area (Å²) in [6.45, 7) is 8.08. The number of hydrogen-bond donors (Lipinski definition) is 3. The molecular weight excluding hydrogens is 396 g/mol. The Morgan fingerprint density at radius 1 is 0.967 bits per heavy atom. The number of amides is 1. The van der Waals surface area contributed by atoms with Gasteiger partial charge in [0.05, 0.1) is 14.2 Å². The Labute approximate surface area is 175 Å². The van der Waals surface area contributed by atoms with E-state index in [2.05, 4.69) is 18.7 Å². The number of carbonyl (C=O) groups excluding carboxylic acids is 1. The number of hydrogen-bond acceptors (Lipinski definition) is 7. The maximum absolute atomic E-state index is 12.1. The molecule has 0 radical (unpaired) electrons. The minimum Gasteiger partial charge on any atom is -0.502 e. The van der Waals surface area contributed by atoms with Crippen LogP contribution in [0.15, 0.2) is 12.1 Å². The zero-order valence-electron chi connectivity index (χ0n) is 17.8. The third-order valence-corrected chi connectivity index (χ3v) is 4.44. The predicted molar refractivity (Wildman–Crippen MR) is 108 cm³/mol. The number of nitrogens with zero attached hydrogens (tertiary/aromatic N) is 2. The molecule has 2 rings (SSSR count). The Bertz CT molecular complexity index is 705. The lowest BCUT2D eigenvalue weighted by Gasteiger charge is -2.35. The molecule has 30 heavy (non-hydrogen) atoms. The molecule has 0 saturated carbocycles. The van der Waals surface area contributed by atoms with Crippen LogP contribution in [-0.2, 0) is 20.9 Å². The zero-order chi connectivity index (χ0) is 22.8. The summed E-state index contributed by atoms with van der Waals surface area (Å²) in [5.41, 5.74) is 1.02. The Hall–Kier alpha value is -3.01. The quantitative estimate of drug-likeness (QED) is 0.574. The molecule has 1 amide bonds. The normalized spacial score (nSPS) is 14.0. The lowest BCUT2D eigenvalue weighted by molar-refractivity contribution is -0.159. The number of carboxylic acids is 2. The first-order valence-corrected chi connectivity index (χ1v) is 9.49. The van der Waals surface area contributed by atoms with Crippen LogP contribution in [0.25, 0.3) is 0 Å². The molecular formula is C20H30N2O8. The van der Waals surface area contributed by atoms with Crippen molar-refractivity contribution in [2.24, 2.45) is 5.92 Å². The second kappa shape index (κ2) is 11.9. The number of phenols is 1. The van der Waals surface area contributed by atoms with Gasteiger partial charge >= 0.3 is 11.9 Å². The van der Waals surface area contributed by atoms with E-state index in [9.17, 15) is 9.90 Å². The largest absolute Gasteiger partial charge is 0.502 e. The first kappa shape index (κ1) is 25.0. The van der Waals surface area contributed by atoms with Gasteiger partial charge in [-0.2, -0.15) is 0 Å².